The molecule has 5 nitrogen and oxygen atoms in total. The van der Waals surface area contributed by atoms with Crippen molar-refractivity contribution in [3.63, 3.8) is 0 Å². The molecule has 22 heavy (non-hydrogen) atoms. The lowest BCUT2D eigenvalue weighted by atomic mass is 10.1. The number of hydrogen-bond donors (Lipinski definition) is 0. The highest BCUT2D eigenvalue weighted by Crippen LogP contribution is 2.22. The average molecular weight is 307 g/mol. The van der Waals surface area contributed by atoms with Crippen LogP contribution < -0.4 is 4.74 Å². The van der Waals surface area contributed by atoms with E-state index in [0.717, 1.165) is 24.2 Å². The third-order valence-corrected chi connectivity index (χ3v) is 4.18. The number of benzene rings is 1. The molecule has 0 N–H and O–H groups in total. The summed E-state index contributed by atoms with van der Waals surface area (Å²) in [4.78, 5) is 14.4. The summed E-state index contributed by atoms with van der Waals surface area (Å²) in [6.07, 6.45) is 2.20. The molecule has 0 bridgehead atoms. The SMILES string of the molecule is COC[C@@H]1C[C@@H](OC)CN1C(=O)CCc1ccc(OC)cc1. The molecule has 1 amide bonds. The second kappa shape index (κ2) is 8.15. The van der Waals surface area contributed by atoms with Gasteiger partial charge in [0.2, 0.25) is 5.91 Å². The zero-order valence-electron chi connectivity index (χ0n) is 13.6. The maximum absolute atomic E-state index is 12.5. The van der Waals surface area contributed by atoms with Gasteiger partial charge < -0.3 is 19.1 Å². The maximum atomic E-state index is 12.5. The molecule has 2 rings (SSSR count). The molecule has 1 heterocycles. The van der Waals surface area contributed by atoms with E-state index in [2.05, 4.69) is 0 Å². The maximum Gasteiger partial charge on any atom is 0.223 e. The first-order valence-corrected chi connectivity index (χ1v) is 7.62. The molecule has 0 unspecified atom stereocenters. The van der Waals surface area contributed by atoms with Crippen molar-refractivity contribution < 1.29 is 19.0 Å². The van der Waals surface area contributed by atoms with Crippen molar-refractivity contribution >= 4 is 5.91 Å². The third kappa shape index (κ3) is 4.21. The lowest BCUT2D eigenvalue weighted by molar-refractivity contribution is -0.133. The fourth-order valence-corrected chi connectivity index (χ4v) is 2.89. The summed E-state index contributed by atoms with van der Waals surface area (Å²) in [5.74, 6) is 0.995. The first-order valence-electron chi connectivity index (χ1n) is 7.62. The Morgan fingerprint density at radius 3 is 2.55 bits per heavy atom. The van der Waals surface area contributed by atoms with Gasteiger partial charge in [-0.25, -0.2) is 0 Å². The Morgan fingerprint density at radius 1 is 1.23 bits per heavy atom. The van der Waals surface area contributed by atoms with Crippen molar-refractivity contribution in [3.05, 3.63) is 29.8 Å². The van der Waals surface area contributed by atoms with Crippen molar-refractivity contribution in [3.8, 4) is 5.75 Å². The van der Waals surface area contributed by atoms with E-state index in [1.54, 1.807) is 21.3 Å². The first kappa shape index (κ1) is 16.8. The van der Waals surface area contributed by atoms with Gasteiger partial charge in [-0.1, -0.05) is 12.1 Å². The van der Waals surface area contributed by atoms with Gasteiger partial charge in [-0.3, -0.25) is 4.79 Å². The molecule has 1 aromatic rings. The van der Waals surface area contributed by atoms with Crippen LogP contribution in [0.3, 0.4) is 0 Å². The Kier molecular flexibility index (Phi) is 6.21. The number of nitrogens with zero attached hydrogens (tertiary/aromatic N) is 1. The summed E-state index contributed by atoms with van der Waals surface area (Å²) in [6.45, 7) is 1.22. The van der Waals surface area contributed by atoms with Gasteiger partial charge in [0.15, 0.2) is 0 Å². The van der Waals surface area contributed by atoms with Crippen molar-refractivity contribution in [2.75, 3.05) is 34.5 Å². The van der Waals surface area contributed by atoms with Gasteiger partial charge >= 0.3 is 0 Å². The van der Waals surface area contributed by atoms with E-state index in [4.69, 9.17) is 14.2 Å². The molecule has 0 radical (unpaired) electrons. The largest absolute Gasteiger partial charge is 0.497 e. The van der Waals surface area contributed by atoms with Gasteiger partial charge in [-0.15, -0.1) is 0 Å². The van der Waals surface area contributed by atoms with E-state index in [1.165, 1.54) is 0 Å². The van der Waals surface area contributed by atoms with Gasteiger partial charge in [0.25, 0.3) is 0 Å². The summed E-state index contributed by atoms with van der Waals surface area (Å²) >= 11 is 0. The van der Waals surface area contributed by atoms with Gasteiger partial charge in [0.1, 0.15) is 5.75 Å². The summed E-state index contributed by atoms with van der Waals surface area (Å²) < 4.78 is 15.8. The van der Waals surface area contributed by atoms with Crippen LogP contribution in [0.2, 0.25) is 0 Å². The van der Waals surface area contributed by atoms with Crippen LogP contribution in [0.15, 0.2) is 24.3 Å². The molecular formula is C17H25NO4. The monoisotopic (exact) mass is 307 g/mol. The Hall–Kier alpha value is -1.59. The Bertz CT molecular complexity index is 474. The minimum atomic E-state index is 0.116. The van der Waals surface area contributed by atoms with Crippen LogP contribution in [0.5, 0.6) is 5.75 Å². The standard InChI is InChI=1S/C17H25NO4/c1-20-12-14-10-16(22-3)11-18(14)17(19)9-6-13-4-7-15(21-2)8-5-13/h4-5,7-8,14,16H,6,9-12H2,1-3H3/t14-,16+/m0/s1. The summed E-state index contributed by atoms with van der Waals surface area (Å²) in [5, 5.41) is 0. The highest BCUT2D eigenvalue weighted by molar-refractivity contribution is 5.77. The molecular weight excluding hydrogens is 282 g/mol. The Balaban J connectivity index is 1.89. The Labute approximate surface area is 132 Å². The molecule has 0 saturated carbocycles. The third-order valence-electron chi connectivity index (χ3n) is 4.18. The summed E-state index contributed by atoms with van der Waals surface area (Å²) in [6, 6.07) is 7.97. The van der Waals surface area contributed by atoms with E-state index in [1.807, 2.05) is 29.2 Å². The number of carbonyl (C=O) groups excluding carboxylic acids is 1. The molecule has 1 saturated heterocycles. The fourth-order valence-electron chi connectivity index (χ4n) is 2.89. The van der Waals surface area contributed by atoms with Crippen LogP contribution in [-0.4, -0.2) is 57.4 Å². The van der Waals surface area contributed by atoms with E-state index < -0.39 is 0 Å². The molecule has 1 aromatic carbocycles. The topological polar surface area (TPSA) is 48.0 Å². The van der Waals surface area contributed by atoms with Crippen molar-refractivity contribution in [1.29, 1.82) is 0 Å². The van der Waals surface area contributed by atoms with Crippen molar-refractivity contribution in [2.45, 2.75) is 31.4 Å². The van der Waals surface area contributed by atoms with Crippen LogP contribution in [0, 0.1) is 0 Å². The van der Waals surface area contributed by atoms with Crippen LogP contribution in [0.4, 0.5) is 0 Å². The highest BCUT2D eigenvalue weighted by Gasteiger charge is 2.34. The Morgan fingerprint density at radius 2 is 1.95 bits per heavy atom. The summed E-state index contributed by atoms with van der Waals surface area (Å²) in [5.41, 5.74) is 1.14. The van der Waals surface area contributed by atoms with Crippen molar-refractivity contribution in [2.24, 2.45) is 0 Å². The molecule has 0 aliphatic carbocycles. The summed E-state index contributed by atoms with van der Waals surface area (Å²) in [7, 11) is 5.01. The van der Waals surface area contributed by atoms with Gasteiger partial charge in [0, 0.05) is 27.2 Å². The zero-order chi connectivity index (χ0) is 15.9. The van der Waals surface area contributed by atoms with Gasteiger partial charge in [0.05, 0.1) is 25.9 Å². The van der Waals surface area contributed by atoms with E-state index >= 15 is 0 Å². The first-order chi connectivity index (χ1) is 10.7. The minimum absolute atomic E-state index is 0.116. The number of hydrogen-bond acceptors (Lipinski definition) is 4. The van der Waals surface area contributed by atoms with Crippen LogP contribution in [-0.2, 0) is 20.7 Å². The molecule has 0 spiro atoms. The molecule has 1 fully saturated rings. The second-order valence-corrected chi connectivity index (χ2v) is 5.60. The minimum Gasteiger partial charge on any atom is -0.497 e. The van der Waals surface area contributed by atoms with Crippen LogP contribution in [0.1, 0.15) is 18.4 Å². The lowest BCUT2D eigenvalue weighted by Crippen LogP contribution is -2.38. The smallest absolute Gasteiger partial charge is 0.223 e. The van der Waals surface area contributed by atoms with Crippen LogP contribution >= 0.6 is 0 Å². The highest BCUT2D eigenvalue weighted by atomic mass is 16.5. The van der Waals surface area contributed by atoms with Gasteiger partial charge in [-0.05, 0) is 30.5 Å². The molecule has 5 heteroatoms. The molecule has 1 aliphatic heterocycles. The normalized spacial score (nSPS) is 21.1. The lowest BCUT2D eigenvalue weighted by Gasteiger charge is -2.23. The van der Waals surface area contributed by atoms with E-state index in [9.17, 15) is 4.79 Å². The number of carbonyl (C=O) groups is 1. The molecule has 122 valence electrons. The number of amides is 1. The fraction of sp³-hybridized carbons (Fsp3) is 0.588. The predicted molar refractivity (Wildman–Crippen MR) is 84.1 cm³/mol. The van der Waals surface area contributed by atoms with E-state index in [-0.39, 0.29) is 18.1 Å². The average Bonchev–Trinajstić information content (AvgIpc) is 2.96. The second-order valence-electron chi connectivity index (χ2n) is 5.60. The molecule has 0 aromatic heterocycles. The van der Waals surface area contributed by atoms with E-state index in [0.29, 0.717) is 19.6 Å². The zero-order valence-corrected chi connectivity index (χ0v) is 13.6. The van der Waals surface area contributed by atoms with Gasteiger partial charge in [-0.2, -0.15) is 0 Å². The quantitative estimate of drug-likeness (QED) is 0.772. The number of rotatable bonds is 7. The molecule has 1 aliphatic rings. The number of aryl methyl sites for hydroxylation is 1. The number of likely N-dealkylation sites (tertiary alicyclic amines) is 1. The van der Waals surface area contributed by atoms with Crippen LogP contribution in [0.25, 0.3) is 0 Å². The number of methoxy groups -OCH3 is 3. The molecule has 2 atom stereocenters. The number of ether oxygens (including phenoxy) is 3. The predicted octanol–water partition coefficient (Wildman–Crippen LogP) is 1.89. The van der Waals surface area contributed by atoms with Crippen molar-refractivity contribution in [1.82, 2.24) is 4.90 Å².